The summed E-state index contributed by atoms with van der Waals surface area (Å²) in [6, 6.07) is 13.9. The first kappa shape index (κ1) is 14.6. The third kappa shape index (κ3) is 4.06. The second-order valence-electron chi connectivity index (χ2n) is 4.06. The molecule has 2 aromatic carbocycles. The molecule has 2 nitrogen and oxygen atoms in total. The Bertz CT molecular complexity index is 558. The molecule has 2 rings (SSSR count). The van der Waals surface area contributed by atoms with E-state index in [1.54, 1.807) is 0 Å². The number of hydrogen-bond donors (Lipinski definition) is 1. The average Bonchev–Trinajstić information content (AvgIpc) is 2.40. The number of halogens is 2. The molecule has 0 atom stereocenters. The number of nitrogens with one attached hydrogen (secondary N) is 1. The molecular weight excluding hydrogens is 370 g/mol. The Morgan fingerprint density at radius 1 is 1.05 bits per heavy atom. The van der Waals surface area contributed by atoms with Gasteiger partial charge in [0.05, 0.1) is 4.47 Å². The third-order valence-electron chi connectivity index (χ3n) is 2.65. The van der Waals surface area contributed by atoms with E-state index in [0.717, 1.165) is 39.1 Å². The average molecular weight is 385 g/mol. The van der Waals surface area contributed by atoms with Crippen molar-refractivity contribution < 1.29 is 4.74 Å². The molecule has 0 amide bonds. The molecule has 0 saturated carbocycles. The summed E-state index contributed by atoms with van der Waals surface area (Å²) in [4.78, 5) is 0. The molecule has 0 aliphatic carbocycles. The second-order valence-corrected chi connectivity index (χ2v) is 5.83. The Labute approximate surface area is 130 Å². The molecule has 0 aromatic heterocycles. The van der Waals surface area contributed by atoms with Crippen molar-refractivity contribution in [2.24, 2.45) is 0 Å². The zero-order valence-electron chi connectivity index (χ0n) is 10.6. The van der Waals surface area contributed by atoms with Crippen LogP contribution in [0.15, 0.2) is 51.4 Å². The summed E-state index contributed by atoms with van der Waals surface area (Å²) in [6.45, 7) is 3.82. The van der Waals surface area contributed by atoms with Gasteiger partial charge in [0.25, 0.3) is 0 Å². The number of benzene rings is 2. The summed E-state index contributed by atoms with van der Waals surface area (Å²) < 4.78 is 7.96. The predicted octanol–water partition coefficient (Wildman–Crippen LogP) is 5.11. The van der Waals surface area contributed by atoms with Gasteiger partial charge >= 0.3 is 0 Å². The topological polar surface area (TPSA) is 21.3 Å². The highest BCUT2D eigenvalue weighted by molar-refractivity contribution is 9.10. The third-order valence-corrected chi connectivity index (χ3v) is 3.80. The summed E-state index contributed by atoms with van der Waals surface area (Å²) >= 11 is 6.98. The van der Waals surface area contributed by atoms with Crippen molar-refractivity contribution in [3.8, 4) is 11.5 Å². The monoisotopic (exact) mass is 383 g/mol. The highest BCUT2D eigenvalue weighted by Gasteiger charge is 2.07. The summed E-state index contributed by atoms with van der Waals surface area (Å²) in [5.74, 6) is 1.68. The SMILES string of the molecule is CCNCc1ccc(Br)cc1Oc1ccccc1Br. The summed E-state index contributed by atoms with van der Waals surface area (Å²) in [6.07, 6.45) is 0. The van der Waals surface area contributed by atoms with E-state index in [4.69, 9.17) is 4.74 Å². The van der Waals surface area contributed by atoms with Gasteiger partial charge in [-0.05, 0) is 46.7 Å². The molecule has 0 radical (unpaired) electrons. The lowest BCUT2D eigenvalue weighted by atomic mass is 10.2. The van der Waals surface area contributed by atoms with E-state index in [-0.39, 0.29) is 0 Å². The maximum absolute atomic E-state index is 6.00. The van der Waals surface area contributed by atoms with Crippen molar-refractivity contribution in [2.45, 2.75) is 13.5 Å². The first-order chi connectivity index (χ1) is 9.20. The normalized spacial score (nSPS) is 10.5. The molecule has 2 aromatic rings. The van der Waals surface area contributed by atoms with Crippen molar-refractivity contribution >= 4 is 31.9 Å². The maximum atomic E-state index is 6.00. The van der Waals surface area contributed by atoms with Crippen LogP contribution >= 0.6 is 31.9 Å². The number of rotatable bonds is 5. The minimum atomic E-state index is 0.795. The number of para-hydroxylation sites is 1. The van der Waals surface area contributed by atoms with Crippen LogP contribution in [-0.4, -0.2) is 6.54 Å². The Balaban J connectivity index is 2.27. The van der Waals surface area contributed by atoms with Crippen LogP contribution in [0, 0.1) is 0 Å². The molecule has 0 heterocycles. The summed E-state index contributed by atoms with van der Waals surface area (Å²) in [5, 5.41) is 3.32. The fourth-order valence-electron chi connectivity index (χ4n) is 1.68. The largest absolute Gasteiger partial charge is 0.456 e. The first-order valence-corrected chi connectivity index (χ1v) is 7.71. The van der Waals surface area contributed by atoms with Crippen molar-refractivity contribution in [1.29, 1.82) is 0 Å². The van der Waals surface area contributed by atoms with Gasteiger partial charge in [-0.2, -0.15) is 0 Å². The molecule has 0 bridgehead atoms. The van der Waals surface area contributed by atoms with Crippen LogP contribution in [0.2, 0.25) is 0 Å². The molecule has 0 aliphatic heterocycles. The zero-order chi connectivity index (χ0) is 13.7. The van der Waals surface area contributed by atoms with E-state index in [0.29, 0.717) is 0 Å². The van der Waals surface area contributed by atoms with Crippen LogP contribution in [0.4, 0.5) is 0 Å². The smallest absolute Gasteiger partial charge is 0.141 e. The summed E-state index contributed by atoms with van der Waals surface area (Å²) in [5.41, 5.74) is 1.14. The summed E-state index contributed by atoms with van der Waals surface area (Å²) in [7, 11) is 0. The molecule has 100 valence electrons. The first-order valence-electron chi connectivity index (χ1n) is 6.12. The van der Waals surface area contributed by atoms with Gasteiger partial charge in [0, 0.05) is 16.6 Å². The van der Waals surface area contributed by atoms with Crippen LogP contribution in [0.3, 0.4) is 0 Å². The van der Waals surface area contributed by atoms with Gasteiger partial charge in [0.15, 0.2) is 0 Å². The molecule has 19 heavy (non-hydrogen) atoms. The van der Waals surface area contributed by atoms with Gasteiger partial charge in [0.1, 0.15) is 11.5 Å². The molecule has 0 spiro atoms. The molecule has 4 heteroatoms. The van der Waals surface area contributed by atoms with Gasteiger partial charge < -0.3 is 10.1 Å². The highest BCUT2D eigenvalue weighted by Crippen LogP contribution is 2.32. The highest BCUT2D eigenvalue weighted by atomic mass is 79.9. The Kier molecular flexibility index (Phi) is 5.43. The van der Waals surface area contributed by atoms with Crippen LogP contribution in [0.5, 0.6) is 11.5 Å². The number of ether oxygens (including phenoxy) is 1. The van der Waals surface area contributed by atoms with E-state index in [9.17, 15) is 0 Å². The van der Waals surface area contributed by atoms with Crippen LogP contribution in [0.25, 0.3) is 0 Å². The Morgan fingerprint density at radius 2 is 1.84 bits per heavy atom. The van der Waals surface area contributed by atoms with E-state index < -0.39 is 0 Å². The molecule has 0 fully saturated rings. The molecule has 0 saturated heterocycles. The standard InChI is InChI=1S/C15H15Br2NO/c1-2-18-10-11-7-8-12(16)9-15(11)19-14-6-4-3-5-13(14)17/h3-9,18H,2,10H2,1H3. The molecular formula is C15H15Br2NO. The number of hydrogen-bond acceptors (Lipinski definition) is 2. The van der Waals surface area contributed by atoms with E-state index in [1.165, 1.54) is 0 Å². The minimum absolute atomic E-state index is 0.795. The predicted molar refractivity (Wildman–Crippen MR) is 85.7 cm³/mol. The van der Waals surface area contributed by atoms with Crippen molar-refractivity contribution in [2.75, 3.05) is 6.54 Å². The van der Waals surface area contributed by atoms with E-state index in [1.807, 2.05) is 36.4 Å². The maximum Gasteiger partial charge on any atom is 0.141 e. The van der Waals surface area contributed by atoms with Crippen LogP contribution in [0.1, 0.15) is 12.5 Å². The van der Waals surface area contributed by atoms with Gasteiger partial charge in [-0.1, -0.05) is 41.1 Å². The molecule has 1 N–H and O–H groups in total. The van der Waals surface area contributed by atoms with Crippen molar-refractivity contribution in [3.05, 3.63) is 57.0 Å². The van der Waals surface area contributed by atoms with Gasteiger partial charge in [-0.25, -0.2) is 0 Å². The van der Waals surface area contributed by atoms with Crippen LogP contribution in [-0.2, 0) is 6.54 Å². The fraction of sp³-hybridized carbons (Fsp3) is 0.200. The zero-order valence-corrected chi connectivity index (χ0v) is 13.8. The van der Waals surface area contributed by atoms with Crippen molar-refractivity contribution in [3.63, 3.8) is 0 Å². The Morgan fingerprint density at radius 3 is 2.58 bits per heavy atom. The van der Waals surface area contributed by atoms with Crippen molar-refractivity contribution in [1.82, 2.24) is 5.32 Å². The fourth-order valence-corrected chi connectivity index (χ4v) is 2.38. The van der Waals surface area contributed by atoms with Gasteiger partial charge in [-0.15, -0.1) is 0 Å². The van der Waals surface area contributed by atoms with E-state index in [2.05, 4.69) is 50.2 Å². The lowest BCUT2D eigenvalue weighted by Crippen LogP contribution is -2.12. The second kappa shape index (κ2) is 7.08. The molecule has 0 aliphatic rings. The lowest BCUT2D eigenvalue weighted by molar-refractivity contribution is 0.470. The minimum Gasteiger partial charge on any atom is -0.456 e. The van der Waals surface area contributed by atoms with Crippen LogP contribution < -0.4 is 10.1 Å². The Hall–Kier alpha value is -0.840. The lowest BCUT2D eigenvalue weighted by Gasteiger charge is -2.13. The van der Waals surface area contributed by atoms with Gasteiger partial charge in [-0.3, -0.25) is 0 Å². The van der Waals surface area contributed by atoms with Gasteiger partial charge in [0.2, 0.25) is 0 Å². The van der Waals surface area contributed by atoms with E-state index >= 15 is 0 Å². The molecule has 0 unspecified atom stereocenters. The quantitative estimate of drug-likeness (QED) is 0.772.